The van der Waals surface area contributed by atoms with E-state index in [9.17, 15) is 10.2 Å². The van der Waals surface area contributed by atoms with Crippen molar-refractivity contribution in [3.05, 3.63) is 54.6 Å². The van der Waals surface area contributed by atoms with Gasteiger partial charge in [0.05, 0.1) is 23.9 Å². The van der Waals surface area contributed by atoms with Gasteiger partial charge in [-0.2, -0.15) is 0 Å². The molecule has 1 heterocycles. The molecular formula is C18H18N2O3. The van der Waals surface area contributed by atoms with E-state index in [0.29, 0.717) is 0 Å². The zero-order valence-electron chi connectivity index (χ0n) is 12.5. The molecule has 0 aliphatic heterocycles. The second-order valence-electron chi connectivity index (χ2n) is 5.34. The highest BCUT2D eigenvalue weighted by molar-refractivity contribution is 5.94. The van der Waals surface area contributed by atoms with E-state index in [1.54, 1.807) is 18.2 Å². The lowest BCUT2D eigenvalue weighted by atomic mass is 10.1. The third-order valence-electron chi connectivity index (χ3n) is 3.60. The highest BCUT2D eigenvalue weighted by atomic mass is 16.3. The predicted octanol–water partition coefficient (Wildman–Crippen LogP) is 2.37. The highest BCUT2D eigenvalue weighted by Crippen LogP contribution is 2.30. The molecule has 0 spiro atoms. The maximum Gasteiger partial charge on any atom is 0.116 e. The second kappa shape index (κ2) is 6.64. The Hall–Kier alpha value is -2.63. The first-order valence-corrected chi connectivity index (χ1v) is 7.39. The van der Waals surface area contributed by atoms with Crippen LogP contribution in [0.3, 0.4) is 0 Å². The van der Waals surface area contributed by atoms with Crippen LogP contribution in [0, 0.1) is 0 Å². The molecule has 0 saturated heterocycles. The van der Waals surface area contributed by atoms with E-state index >= 15 is 0 Å². The number of nitrogens with one attached hydrogen (secondary N) is 1. The van der Waals surface area contributed by atoms with Crippen LogP contribution in [0.4, 0.5) is 5.69 Å². The number of phenols is 1. The molecule has 4 N–H and O–H groups in total. The number of benzene rings is 2. The molecule has 0 saturated carbocycles. The fourth-order valence-electron chi connectivity index (χ4n) is 2.41. The lowest BCUT2D eigenvalue weighted by molar-refractivity contribution is 0.105. The van der Waals surface area contributed by atoms with Gasteiger partial charge < -0.3 is 20.6 Å². The average Bonchev–Trinajstić information content (AvgIpc) is 2.60. The molecule has 1 atom stereocenters. The quantitative estimate of drug-likeness (QED) is 0.581. The van der Waals surface area contributed by atoms with Crippen molar-refractivity contribution in [2.45, 2.75) is 6.10 Å². The Morgan fingerprint density at radius 2 is 1.83 bits per heavy atom. The number of hydrogen-bond acceptors (Lipinski definition) is 5. The number of aromatic nitrogens is 1. The zero-order valence-corrected chi connectivity index (χ0v) is 12.5. The summed E-state index contributed by atoms with van der Waals surface area (Å²) in [7, 11) is 0. The first kappa shape index (κ1) is 15.3. The molecule has 0 amide bonds. The van der Waals surface area contributed by atoms with Crippen molar-refractivity contribution in [2.24, 2.45) is 0 Å². The third kappa shape index (κ3) is 3.41. The van der Waals surface area contributed by atoms with Gasteiger partial charge in [0, 0.05) is 23.2 Å². The van der Waals surface area contributed by atoms with Gasteiger partial charge >= 0.3 is 0 Å². The average molecular weight is 310 g/mol. The normalized spacial score (nSPS) is 12.3. The Bertz CT molecular complexity index is 806. The Labute approximate surface area is 133 Å². The summed E-state index contributed by atoms with van der Waals surface area (Å²) in [4.78, 5) is 4.63. The van der Waals surface area contributed by atoms with E-state index in [2.05, 4.69) is 10.3 Å². The molecule has 3 aromatic rings. The maximum atomic E-state index is 9.72. The summed E-state index contributed by atoms with van der Waals surface area (Å²) in [6.45, 7) is -0.105. The van der Waals surface area contributed by atoms with Gasteiger partial charge in [-0.15, -0.1) is 0 Å². The molecule has 5 heteroatoms. The van der Waals surface area contributed by atoms with Crippen LogP contribution < -0.4 is 5.32 Å². The molecule has 0 unspecified atom stereocenters. The number of anilines is 1. The number of pyridine rings is 1. The van der Waals surface area contributed by atoms with Crippen LogP contribution in [-0.4, -0.2) is 39.6 Å². The molecule has 3 rings (SSSR count). The number of nitrogens with zero attached hydrogens (tertiary/aromatic N) is 1. The van der Waals surface area contributed by atoms with Crippen molar-refractivity contribution in [1.82, 2.24) is 4.98 Å². The summed E-state index contributed by atoms with van der Waals surface area (Å²) in [5.74, 6) is 0.150. The number of aliphatic hydroxyl groups is 2. The predicted molar refractivity (Wildman–Crippen MR) is 90.4 cm³/mol. The smallest absolute Gasteiger partial charge is 0.116 e. The summed E-state index contributed by atoms with van der Waals surface area (Å²) in [6, 6.07) is 16.6. The van der Waals surface area contributed by atoms with Crippen molar-refractivity contribution in [3.63, 3.8) is 0 Å². The molecular weight excluding hydrogens is 292 g/mol. The van der Waals surface area contributed by atoms with Crippen LogP contribution in [-0.2, 0) is 0 Å². The second-order valence-corrected chi connectivity index (χ2v) is 5.34. The SMILES string of the molecule is OC[C@@H](O)CNc1cc(-c2ccccc2)nc2ccc(O)cc12. The molecule has 0 fully saturated rings. The van der Waals surface area contributed by atoms with Crippen molar-refractivity contribution in [1.29, 1.82) is 0 Å². The van der Waals surface area contributed by atoms with Gasteiger partial charge in [0.25, 0.3) is 0 Å². The summed E-state index contributed by atoms with van der Waals surface area (Å²) in [6.07, 6.45) is -0.851. The largest absolute Gasteiger partial charge is 0.508 e. The molecule has 23 heavy (non-hydrogen) atoms. The Morgan fingerprint density at radius 3 is 2.57 bits per heavy atom. The van der Waals surface area contributed by atoms with Crippen LogP contribution in [0.5, 0.6) is 5.75 Å². The minimum atomic E-state index is -0.851. The minimum absolute atomic E-state index is 0.150. The molecule has 1 aromatic heterocycles. The van der Waals surface area contributed by atoms with Crippen LogP contribution in [0.2, 0.25) is 0 Å². The number of aromatic hydroxyl groups is 1. The molecule has 0 bridgehead atoms. The van der Waals surface area contributed by atoms with Crippen molar-refractivity contribution < 1.29 is 15.3 Å². The van der Waals surface area contributed by atoms with Crippen molar-refractivity contribution in [2.75, 3.05) is 18.5 Å². The van der Waals surface area contributed by atoms with E-state index in [-0.39, 0.29) is 18.9 Å². The molecule has 5 nitrogen and oxygen atoms in total. The lowest BCUT2D eigenvalue weighted by Crippen LogP contribution is -2.23. The fourth-order valence-corrected chi connectivity index (χ4v) is 2.41. The van der Waals surface area contributed by atoms with E-state index in [1.165, 1.54) is 0 Å². The van der Waals surface area contributed by atoms with E-state index < -0.39 is 6.10 Å². The lowest BCUT2D eigenvalue weighted by Gasteiger charge is -2.14. The van der Waals surface area contributed by atoms with Crippen LogP contribution in [0.15, 0.2) is 54.6 Å². The zero-order chi connectivity index (χ0) is 16.2. The third-order valence-corrected chi connectivity index (χ3v) is 3.60. The maximum absolute atomic E-state index is 9.72. The van der Waals surface area contributed by atoms with Crippen LogP contribution in [0.25, 0.3) is 22.2 Å². The highest BCUT2D eigenvalue weighted by Gasteiger charge is 2.10. The molecule has 118 valence electrons. The Kier molecular flexibility index (Phi) is 4.41. The van der Waals surface area contributed by atoms with Crippen LogP contribution >= 0.6 is 0 Å². The number of aliphatic hydroxyl groups excluding tert-OH is 2. The summed E-state index contributed by atoms with van der Waals surface area (Å²) < 4.78 is 0. The van der Waals surface area contributed by atoms with Crippen molar-refractivity contribution in [3.8, 4) is 17.0 Å². The first-order valence-electron chi connectivity index (χ1n) is 7.39. The molecule has 0 aliphatic rings. The number of rotatable bonds is 5. The monoisotopic (exact) mass is 310 g/mol. The Balaban J connectivity index is 2.08. The van der Waals surface area contributed by atoms with E-state index in [0.717, 1.165) is 27.8 Å². The topological polar surface area (TPSA) is 85.6 Å². The summed E-state index contributed by atoms with van der Waals surface area (Å²) >= 11 is 0. The van der Waals surface area contributed by atoms with Gasteiger partial charge in [-0.3, -0.25) is 0 Å². The fraction of sp³-hybridized carbons (Fsp3) is 0.167. The summed E-state index contributed by atoms with van der Waals surface area (Å²) in [5.41, 5.74) is 3.26. The van der Waals surface area contributed by atoms with Gasteiger partial charge in [-0.05, 0) is 24.3 Å². The number of hydrogen-bond donors (Lipinski definition) is 4. The summed E-state index contributed by atoms with van der Waals surface area (Å²) in [5, 5.41) is 32.1. The molecule has 0 radical (unpaired) electrons. The van der Waals surface area contributed by atoms with Gasteiger partial charge in [0.2, 0.25) is 0 Å². The van der Waals surface area contributed by atoms with Gasteiger partial charge in [0.15, 0.2) is 0 Å². The first-order chi connectivity index (χ1) is 11.2. The van der Waals surface area contributed by atoms with Gasteiger partial charge in [0.1, 0.15) is 5.75 Å². The Morgan fingerprint density at radius 1 is 1.04 bits per heavy atom. The minimum Gasteiger partial charge on any atom is -0.508 e. The van der Waals surface area contributed by atoms with Gasteiger partial charge in [-0.1, -0.05) is 30.3 Å². The standard InChI is InChI=1S/C18H18N2O3/c21-11-14(23)10-19-18-9-17(12-4-2-1-3-5-12)20-16-7-6-13(22)8-15(16)18/h1-9,14,21-23H,10-11H2,(H,19,20)/t14-/m0/s1. The van der Waals surface area contributed by atoms with Gasteiger partial charge in [-0.25, -0.2) is 4.98 Å². The van der Waals surface area contributed by atoms with E-state index in [1.807, 2.05) is 36.4 Å². The number of phenolic OH excluding ortho intramolecular Hbond substituents is 1. The number of fused-ring (bicyclic) bond motifs is 1. The molecule has 0 aliphatic carbocycles. The van der Waals surface area contributed by atoms with Crippen LogP contribution in [0.1, 0.15) is 0 Å². The van der Waals surface area contributed by atoms with E-state index in [4.69, 9.17) is 5.11 Å². The van der Waals surface area contributed by atoms with Crippen molar-refractivity contribution >= 4 is 16.6 Å². The molecule has 2 aromatic carbocycles.